The first-order chi connectivity index (χ1) is 9.49. The molecule has 110 valence electrons. The van der Waals surface area contributed by atoms with Crippen LogP contribution in [0.25, 0.3) is 0 Å². The lowest BCUT2D eigenvalue weighted by atomic mass is 10.00. The van der Waals surface area contributed by atoms with Gasteiger partial charge >= 0.3 is 5.97 Å². The minimum Gasteiger partial charge on any atom is -0.462 e. The molecule has 0 amide bonds. The maximum Gasteiger partial charge on any atom is 0.340 e. The van der Waals surface area contributed by atoms with Crippen LogP contribution in [0.4, 0.5) is 0 Å². The molecule has 1 aromatic carbocycles. The third kappa shape index (κ3) is 4.42. The Labute approximate surface area is 160 Å². The Morgan fingerprint density at radius 1 is 1.35 bits per heavy atom. The number of carbonyl (C=O) groups is 1. The van der Waals surface area contributed by atoms with Gasteiger partial charge in [0, 0.05) is 16.6 Å². The van der Waals surface area contributed by atoms with Crippen LogP contribution >= 0.6 is 67.8 Å². The summed E-state index contributed by atoms with van der Waals surface area (Å²) in [5, 5.41) is 0. The molecular weight excluding hydrogens is 595 g/mol. The molecule has 1 heterocycles. The van der Waals surface area contributed by atoms with Crippen LogP contribution in [0, 0.1) is 16.6 Å². The monoisotopic (exact) mass is 612 g/mol. The van der Waals surface area contributed by atoms with Crippen LogP contribution < -0.4 is 4.90 Å². The molecule has 0 spiro atoms. The molecule has 1 fully saturated rings. The van der Waals surface area contributed by atoms with E-state index >= 15 is 0 Å². The highest BCUT2D eigenvalue weighted by molar-refractivity contribution is 14.1. The van der Waals surface area contributed by atoms with Crippen LogP contribution in [0.2, 0.25) is 0 Å². The summed E-state index contributed by atoms with van der Waals surface area (Å²) in [6, 6.07) is 4.00. The summed E-state index contributed by atoms with van der Waals surface area (Å²) in [6.07, 6.45) is 2.40. The third-order valence-electron chi connectivity index (χ3n) is 3.55. The van der Waals surface area contributed by atoms with E-state index in [9.17, 15) is 4.79 Å². The van der Waals surface area contributed by atoms with Crippen molar-refractivity contribution < 1.29 is 14.4 Å². The topological polar surface area (TPSA) is 30.7 Å². The van der Waals surface area contributed by atoms with Crippen LogP contribution in [0.3, 0.4) is 0 Å². The Hall–Kier alpha value is 0.840. The summed E-state index contributed by atoms with van der Waals surface area (Å²) < 4.78 is 8.62. The van der Waals surface area contributed by atoms with Gasteiger partial charge in [-0.2, -0.15) is 0 Å². The molecule has 0 aromatic heterocycles. The fourth-order valence-corrected chi connectivity index (χ4v) is 4.84. The number of ether oxygens (including phenoxy) is 1. The molecule has 2 atom stereocenters. The average Bonchev–Trinajstić information content (AvgIpc) is 2.41. The fraction of sp³-hybridized carbons (Fsp3) is 0.500. The number of rotatable bonds is 3. The van der Waals surface area contributed by atoms with Crippen molar-refractivity contribution in [3.63, 3.8) is 0 Å². The van der Waals surface area contributed by atoms with Gasteiger partial charge in [-0.1, -0.05) is 0 Å². The molecule has 6 heteroatoms. The van der Waals surface area contributed by atoms with E-state index in [1.54, 1.807) is 0 Å². The Morgan fingerprint density at radius 2 is 2.05 bits per heavy atom. The van der Waals surface area contributed by atoms with Crippen molar-refractivity contribution in [3.8, 4) is 0 Å². The number of piperidine rings is 1. The van der Waals surface area contributed by atoms with Crippen molar-refractivity contribution >= 4 is 73.7 Å². The predicted molar refractivity (Wildman–Crippen MR) is 104 cm³/mol. The van der Waals surface area contributed by atoms with Crippen LogP contribution in [-0.4, -0.2) is 32.7 Å². The van der Waals surface area contributed by atoms with Gasteiger partial charge in [-0.3, -0.25) is 0 Å². The van der Waals surface area contributed by atoms with Gasteiger partial charge in [0.2, 0.25) is 0 Å². The highest BCUT2D eigenvalue weighted by Gasteiger charge is 2.23. The van der Waals surface area contributed by atoms with Gasteiger partial charge in [-0.05, 0) is 92.7 Å². The first-order valence-electron chi connectivity index (χ1n) is 6.61. The molecule has 0 bridgehead atoms. The minimum absolute atomic E-state index is 0.180. The lowest BCUT2D eigenvalue weighted by molar-refractivity contribution is -0.888. The lowest BCUT2D eigenvalue weighted by Crippen LogP contribution is -3.10. The second kappa shape index (κ2) is 7.91. The van der Waals surface area contributed by atoms with Crippen LogP contribution in [-0.2, 0) is 4.74 Å². The smallest absolute Gasteiger partial charge is 0.340 e. The number of hydrogen-bond acceptors (Lipinski definition) is 2. The molecule has 2 unspecified atom stereocenters. The number of esters is 1. The molecule has 0 saturated carbocycles. The average molecular weight is 612 g/mol. The van der Waals surface area contributed by atoms with Gasteiger partial charge in [-0.25, -0.2) is 4.79 Å². The van der Waals surface area contributed by atoms with Gasteiger partial charge in [0.25, 0.3) is 0 Å². The van der Waals surface area contributed by atoms with Crippen molar-refractivity contribution in [2.24, 2.45) is 5.92 Å². The number of carbonyl (C=O) groups excluding carboxylic acids is 1. The highest BCUT2D eigenvalue weighted by atomic mass is 127. The SMILES string of the molecule is C[NH+]1CCCC(COC(=O)c2c(I)ccc(I)c2I)C1. The van der Waals surface area contributed by atoms with Crippen LogP contribution in [0.15, 0.2) is 12.1 Å². The Balaban J connectivity index is 2.00. The number of halogens is 3. The van der Waals surface area contributed by atoms with Gasteiger partial charge in [0.1, 0.15) is 0 Å². The summed E-state index contributed by atoms with van der Waals surface area (Å²) in [5.41, 5.74) is 0.717. The minimum atomic E-state index is -0.180. The first kappa shape index (κ1) is 17.2. The van der Waals surface area contributed by atoms with Crippen LogP contribution in [0.1, 0.15) is 23.2 Å². The van der Waals surface area contributed by atoms with E-state index < -0.39 is 0 Å². The summed E-state index contributed by atoms with van der Waals surface area (Å²) >= 11 is 6.68. The lowest BCUT2D eigenvalue weighted by Gasteiger charge is -2.26. The van der Waals surface area contributed by atoms with Gasteiger partial charge in [0.05, 0.1) is 32.3 Å². The second-order valence-electron chi connectivity index (χ2n) is 5.24. The second-order valence-corrected chi connectivity index (χ2v) is 8.64. The molecule has 20 heavy (non-hydrogen) atoms. The molecule has 0 aliphatic carbocycles. The Bertz CT molecular complexity index is 507. The van der Waals surface area contributed by atoms with E-state index in [0.717, 1.165) is 22.8 Å². The van der Waals surface area contributed by atoms with E-state index in [1.807, 2.05) is 12.1 Å². The molecular formula is C14H17I3NO2+. The molecule has 1 aliphatic heterocycles. The molecule has 3 nitrogen and oxygen atoms in total. The summed E-state index contributed by atoms with van der Waals surface area (Å²) in [7, 11) is 2.21. The van der Waals surface area contributed by atoms with E-state index in [4.69, 9.17) is 4.74 Å². The third-order valence-corrected chi connectivity index (χ3v) is 7.50. The molecule has 2 rings (SSSR count). The standard InChI is InChI=1S/C14H16I3NO2/c1-18-6-2-3-9(7-18)8-20-14(19)12-10(15)4-5-11(16)13(12)17/h4-5,9H,2-3,6-8H2,1H3/p+1. The van der Waals surface area contributed by atoms with E-state index in [1.165, 1.54) is 24.3 Å². The quantitative estimate of drug-likeness (QED) is 0.324. The van der Waals surface area contributed by atoms with E-state index in [2.05, 4.69) is 74.8 Å². The maximum atomic E-state index is 12.3. The number of hydrogen-bond donors (Lipinski definition) is 1. The molecule has 1 aliphatic rings. The summed E-state index contributed by atoms with van der Waals surface area (Å²) in [4.78, 5) is 13.9. The zero-order valence-electron chi connectivity index (χ0n) is 11.2. The maximum absolute atomic E-state index is 12.3. The Kier molecular flexibility index (Phi) is 6.80. The van der Waals surface area contributed by atoms with Crippen molar-refractivity contribution in [3.05, 3.63) is 28.4 Å². The fourth-order valence-electron chi connectivity index (χ4n) is 2.51. The number of nitrogens with one attached hydrogen (secondary N) is 1. The highest BCUT2D eigenvalue weighted by Crippen LogP contribution is 2.25. The van der Waals surface area contributed by atoms with Crippen molar-refractivity contribution in [1.82, 2.24) is 0 Å². The first-order valence-corrected chi connectivity index (χ1v) is 9.84. The number of quaternary nitrogens is 1. The van der Waals surface area contributed by atoms with Gasteiger partial charge in [0.15, 0.2) is 0 Å². The molecule has 0 radical (unpaired) electrons. The molecule has 1 N–H and O–H groups in total. The molecule has 1 aromatic rings. The van der Waals surface area contributed by atoms with E-state index in [0.29, 0.717) is 12.5 Å². The van der Waals surface area contributed by atoms with Crippen molar-refractivity contribution in [1.29, 1.82) is 0 Å². The zero-order valence-corrected chi connectivity index (χ0v) is 17.7. The van der Waals surface area contributed by atoms with Crippen LogP contribution in [0.5, 0.6) is 0 Å². The number of likely N-dealkylation sites (tertiary alicyclic amines) is 1. The zero-order chi connectivity index (χ0) is 14.7. The van der Waals surface area contributed by atoms with E-state index in [-0.39, 0.29) is 5.97 Å². The van der Waals surface area contributed by atoms with Crippen molar-refractivity contribution in [2.45, 2.75) is 12.8 Å². The largest absolute Gasteiger partial charge is 0.462 e. The number of benzene rings is 1. The van der Waals surface area contributed by atoms with Gasteiger partial charge < -0.3 is 9.64 Å². The predicted octanol–water partition coefficient (Wildman–Crippen LogP) is 2.58. The summed E-state index contributed by atoms with van der Waals surface area (Å²) in [5.74, 6) is 0.325. The Morgan fingerprint density at radius 3 is 2.75 bits per heavy atom. The van der Waals surface area contributed by atoms with Crippen molar-refractivity contribution in [2.75, 3.05) is 26.7 Å². The van der Waals surface area contributed by atoms with Gasteiger partial charge in [-0.15, -0.1) is 0 Å². The summed E-state index contributed by atoms with van der Waals surface area (Å²) in [6.45, 7) is 2.89. The normalized spacial score (nSPS) is 22.6. The molecule has 1 saturated heterocycles.